The van der Waals surface area contributed by atoms with Crippen LogP contribution in [0.5, 0.6) is 0 Å². The Morgan fingerprint density at radius 1 is 1.29 bits per heavy atom. The fourth-order valence-corrected chi connectivity index (χ4v) is 2.61. The van der Waals surface area contributed by atoms with Crippen molar-refractivity contribution in [1.82, 2.24) is 0 Å². The van der Waals surface area contributed by atoms with Crippen LogP contribution in [0.15, 0.2) is 24.3 Å². The molecule has 0 heterocycles. The third kappa shape index (κ3) is 2.95. The van der Waals surface area contributed by atoms with Crippen LogP contribution in [0.2, 0.25) is 0 Å². The van der Waals surface area contributed by atoms with E-state index in [0.717, 1.165) is 37.7 Å². The first-order valence-electron chi connectivity index (χ1n) is 6.59. The van der Waals surface area contributed by atoms with Crippen LogP contribution in [0.3, 0.4) is 0 Å². The summed E-state index contributed by atoms with van der Waals surface area (Å²) in [6, 6.07) is 8.31. The van der Waals surface area contributed by atoms with Crippen molar-refractivity contribution in [3.8, 4) is 0 Å². The molecule has 2 rings (SSSR count). The van der Waals surface area contributed by atoms with Crippen LogP contribution in [0, 0.1) is 5.92 Å². The first-order valence-corrected chi connectivity index (χ1v) is 6.59. The standard InChI is InChI=1S/C15H21NO/c1-2-3-11-4-6-12(7-5-11)15(17)13-8-9-14(16)10-13/h4-7,13-14H,2-3,8-10,16H2,1H3. The Morgan fingerprint density at radius 3 is 2.53 bits per heavy atom. The fourth-order valence-electron chi connectivity index (χ4n) is 2.61. The van der Waals surface area contributed by atoms with Gasteiger partial charge in [-0.1, -0.05) is 37.6 Å². The van der Waals surface area contributed by atoms with Crippen LogP contribution < -0.4 is 5.73 Å². The number of hydrogen-bond acceptors (Lipinski definition) is 2. The number of rotatable bonds is 4. The van der Waals surface area contributed by atoms with Crippen molar-refractivity contribution in [2.75, 3.05) is 0 Å². The molecular formula is C15H21NO. The highest BCUT2D eigenvalue weighted by Gasteiger charge is 2.28. The van der Waals surface area contributed by atoms with Crippen molar-refractivity contribution < 1.29 is 4.79 Å². The monoisotopic (exact) mass is 231 g/mol. The van der Waals surface area contributed by atoms with Gasteiger partial charge in [-0.15, -0.1) is 0 Å². The van der Waals surface area contributed by atoms with E-state index in [4.69, 9.17) is 5.73 Å². The van der Waals surface area contributed by atoms with Crippen molar-refractivity contribution in [3.05, 3.63) is 35.4 Å². The Kier molecular flexibility index (Phi) is 3.95. The number of Topliss-reactive ketones (excluding diaryl/α,β-unsaturated/α-hetero) is 1. The average molecular weight is 231 g/mol. The minimum Gasteiger partial charge on any atom is -0.328 e. The van der Waals surface area contributed by atoms with E-state index in [0.29, 0.717) is 0 Å². The predicted octanol–water partition coefficient (Wildman–Crippen LogP) is 2.95. The van der Waals surface area contributed by atoms with E-state index in [1.165, 1.54) is 5.56 Å². The maximum Gasteiger partial charge on any atom is 0.166 e. The summed E-state index contributed by atoms with van der Waals surface area (Å²) in [7, 11) is 0. The second-order valence-corrected chi connectivity index (χ2v) is 5.08. The highest BCUT2D eigenvalue weighted by atomic mass is 16.1. The molecule has 1 aliphatic carbocycles. The molecule has 0 spiro atoms. The van der Waals surface area contributed by atoms with E-state index in [2.05, 4.69) is 19.1 Å². The molecule has 1 saturated carbocycles. The summed E-state index contributed by atoms with van der Waals surface area (Å²) in [5.41, 5.74) is 8.02. The zero-order chi connectivity index (χ0) is 12.3. The summed E-state index contributed by atoms with van der Waals surface area (Å²) in [6.45, 7) is 2.17. The predicted molar refractivity (Wildman–Crippen MR) is 70.1 cm³/mol. The van der Waals surface area contributed by atoms with Gasteiger partial charge in [-0.05, 0) is 31.2 Å². The normalized spacial score (nSPS) is 23.9. The lowest BCUT2D eigenvalue weighted by Crippen LogP contribution is -2.18. The zero-order valence-corrected chi connectivity index (χ0v) is 10.5. The molecule has 1 aromatic carbocycles. The highest BCUT2D eigenvalue weighted by Crippen LogP contribution is 2.27. The van der Waals surface area contributed by atoms with Gasteiger partial charge in [-0.25, -0.2) is 0 Å². The number of carbonyl (C=O) groups is 1. The van der Waals surface area contributed by atoms with Crippen LogP contribution in [0.25, 0.3) is 0 Å². The molecule has 1 aromatic rings. The van der Waals surface area contributed by atoms with Gasteiger partial charge in [-0.3, -0.25) is 4.79 Å². The molecule has 2 nitrogen and oxygen atoms in total. The molecular weight excluding hydrogens is 210 g/mol. The number of hydrogen-bond donors (Lipinski definition) is 1. The van der Waals surface area contributed by atoms with Crippen molar-refractivity contribution in [2.45, 2.75) is 45.1 Å². The van der Waals surface area contributed by atoms with Gasteiger partial charge in [0.2, 0.25) is 0 Å². The number of nitrogens with two attached hydrogens (primary N) is 1. The van der Waals surface area contributed by atoms with E-state index < -0.39 is 0 Å². The van der Waals surface area contributed by atoms with Crippen molar-refractivity contribution in [2.24, 2.45) is 11.7 Å². The van der Waals surface area contributed by atoms with Gasteiger partial charge in [0.1, 0.15) is 0 Å². The molecule has 0 aliphatic heterocycles. The smallest absolute Gasteiger partial charge is 0.166 e. The van der Waals surface area contributed by atoms with Crippen LogP contribution in [-0.4, -0.2) is 11.8 Å². The topological polar surface area (TPSA) is 43.1 Å². The van der Waals surface area contributed by atoms with Gasteiger partial charge in [0, 0.05) is 17.5 Å². The van der Waals surface area contributed by atoms with E-state index >= 15 is 0 Å². The number of benzene rings is 1. The third-order valence-electron chi connectivity index (χ3n) is 3.62. The molecule has 0 saturated heterocycles. The molecule has 2 heteroatoms. The van der Waals surface area contributed by atoms with E-state index in [9.17, 15) is 4.79 Å². The second kappa shape index (κ2) is 5.46. The average Bonchev–Trinajstić information content (AvgIpc) is 2.76. The second-order valence-electron chi connectivity index (χ2n) is 5.08. The largest absolute Gasteiger partial charge is 0.328 e. The van der Waals surface area contributed by atoms with Gasteiger partial charge in [0.05, 0.1) is 0 Å². The summed E-state index contributed by atoms with van der Waals surface area (Å²) < 4.78 is 0. The molecule has 0 aromatic heterocycles. The number of carbonyl (C=O) groups excluding carboxylic acids is 1. The molecule has 2 unspecified atom stereocenters. The van der Waals surface area contributed by atoms with Gasteiger partial charge >= 0.3 is 0 Å². The lowest BCUT2D eigenvalue weighted by Gasteiger charge is -2.09. The minimum atomic E-state index is 0.155. The Morgan fingerprint density at radius 2 is 2.00 bits per heavy atom. The number of aryl methyl sites for hydroxylation is 1. The van der Waals surface area contributed by atoms with Gasteiger partial charge in [0.15, 0.2) is 5.78 Å². The number of ketones is 1. The summed E-state index contributed by atoms with van der Waals surface area (Å²) in [5, 5.41) is 0. The summed E-state index contributed by atoms with van der Waals surface area (Å²) in [4.78, 5) is 12.2. The summed E-state index contributed by atoms with van der Waals surface area (Å²) in [6.07, 6.45) is 5.03. The Balaban J connectivity index is 2.04. The Bertz CT molecular complexity index is 382. The van der Waals surface area contributed by atoms with Crippen LogP contribution in [0.1, 0.15) is 48.5 Å². The van der Waals surface area contributed by atoms with Gasteiger partial charge in [-0.2, -0.15) is 0 Å². The molecule has 2 atom stereocenters. The van der Waals surface area contributed by atoms with Crippen LogP contribution >= 0.6 is 0 Å². The minimum absolute atomic E-state index is 0.155. The van der Waals surface area contributed by atoms with Gasteiger partial charge < -0.3 is 5.73 Å². The molecule has 2 N–H and O–H groups in total. The Labute approximate surface area is 103 Å². The van der Waals surface area contributed by atoms with Crippen molar-refractivity contribution in [1.29, 1.82) is 0 Å². The molecule has 1 fully saturated rings. The van der Waals surface area contributed by atoms with E-state index in [1.807, 2.05) is 12.1 Å². The first kappa shape index (κ1) is 12.3. The molecule has 0 amide bonds. The molecule has 0 bridgehead atoms. The third-order valence-corrected chi connectivity index (χ3v) is 3.62. The van der Waals surface area contributed by atoms with E-state index in [-0.39, 0.29) is 17.7 Å². The lowest BCUT2D eigenvalue weighted by atomic mass is 9.95. The highest BCUT2D eigenvalue weighted by molar-refractivity contribution is 5.98. The SMILES string of the molecule is CCCc1ccc(C(=O)C2CCC(N)C2)cc1. The molecule has 1 aliphatic rings. The lowest BCUT2D eigenvalue weighted by molar-refractivity contribution is 0.0922. The maximum absolute atomic E-state index is 12.2. The zero-order valence-electron chi connectivity index (χ0n) is 10.5. The van der Waals surface area contributed by atoms with Gasteiger partial charge in [0.25, 0.3) is 0 Å². The molecule has 0 radical (unpaired) electrons. The maximum atomic E-state index is 12.2. The Hall–Kier alpha value is -1.15. The first-order chi connectivity index (χ1) is 8.20. The molecule has 92 valence electrons. The van der Waals surface area contributed by atoms with E-state index in [1.54, 1.807) is 0 Å². The van der Waals surface area contributed by atoms with Crippen molar-refractivity contribution >= 4 is 5.78 Å². The van der Waals surface area contributed by atoms with Crippen LogP contribution in [-0.2, 0) is 6.42 Å². The fraction of sp³-hybridized carbons (Fsp3) is 0.533. The summed E-state index contributed by atoms with van der Waals surface area (Å²) >= 11 is 0. The van der Waals surface area contributed by atoms with Crippen LogP contribution in [0.4, 0.5) is 0 Å². The summed E-state index contributed by atoms with van der Waals surface area (Å²) in [5.74, 6) is 0.433. The quantitative estimate of drug-likeness (QED) is 0.810. The molecule has 17 heavy (non-hydrogen) atoms. The van der Waals surface area contributed by atoms with Crippen molar-refractivity contribution in [3.63, 3.8) is 0 Å².